The first-order valence-corrected chi connectivity index (χ1v) is 12.7. The fraction of sp³-hybridized carbons (Fsp3) is 0.143. The molecule has 0 aliphatic carbocycles. The quantitative estimate of drug-likeness (QED) is 0.177. The zero-order chi connectivity index (χ0) is 28.8. The summed E-state index contributed by atoms with van der Waals surface area (Å²) in [5.41, 5.74) is 3.61. The Morgan fingerprint density at radius 1 is 1.07 bits per heavy atom. The highest BCUT2D eigenvalue weighted by Crippen LogP contribution is 2.37. The van der Waals surface area contributed by atoms with Crippen molar-refractivity contribution in [1.29, 1.82) is 0 Å². The Morgan fingerprint density at radius 2 is 1.77 bits per heavy atom. The normalized spacial score (nSPS) is 10.9. The molecule has 0 radical (unpaired) electrons. The Balaban J connectivity index is 1.42. The van der Waals surface area contributed by atoms with Gasteiger partial charge < -0.3 is 14.8 Å². The molecular formula is C28H25BrFN5O5. The highest BCUT2D eigenvalue weighted by Gasteiger charge is 2.21. The van der Waals surface area contributed by atoms with Crippen LogP contribution < -0.4 is 25.8 Å². The first-order valence-electron chi connectivity index (χ1n) is 11.9. The lowest BCUT2D eigenvalue weighted by molar-refractivity contribution is -0.136. The van der Waals surface area contributed by atoms with Crippen molar-refractivity contribution < 1.29 is 23.5 Å². The summed E-state index contributed by atoms with van der Waals surface area (Å²) in [4.78, 5) is 37.8. The number of para-hydroxylation sites is 1. The lowest BCUT2D eigenvalue weighted by Gasteiger charge is -2.14. The van der Waals surface area contributed by atoms with E-state index in [1.807, 2.05) is 6.07 Å². The van der Waals surface area contributed by atoms with Gasteiger partial charge in [-0.2, -0.15) is 5.10 Å². The van der Waals surface area contributed by atoms with E-state index in [4.69, 9.17) is 9.47 Å². The van der Waals surface area contributed by atoms with Crippen LogP contribution in [0.4, 0.5) is 10.1 Å². The zero-order valence-corrected chi connectivity index (χ0v) is 23.4. The Morgan fingerprint density at radius 3 is 2.48 bits per heavy atom. The smallest absolute Gasteiger partial charge is 0.329 e. The fourth-order valence-corrected chi connectivity index (χ4v) is 4.39. The topological polar surface area (TPSA) is 116 Å². The molecule has 4 rings (SSSR count). The molecule has 0 saturated carbocycles. The molecule has 10 nitrogen and oxygen atoms in total. The number of benzene rings is 3. The van der Waals surface area contributed by atoms with E-state index >= 15 is 0 Å². The number of carbonyl (C=O) groups excluding carboxylic acids is 2. The molecule has 0 fully saturated rings. The molecule has 0 spiro atoms. The maximum Gasteiger partial charge on any atom is 0.329 e. The summed E-state index contributed by atoms with van der Waals surface area (Å²) >= 11 is 3.40. The first kappa shape index (κ1) is 28.3. The van der Waals surface area contributed by atoms with Crippen LogP contribution in [0, 0.1) is 12.7 Å². The van der Waals surface area contributed by atoms with E-state index in [2.05, 4.69) is 31.8 Å². The van der Waals surface area contributed by atoms with Gasteiger partial charge in [-0.25, -0.2) is 14.5 Å². The predicted octanol–water partition coefficient (Wildman–Crippen LogP) is 4.06. The van der Waals surface area contributed by atoms with Crippen molar-refractivity contribution in [2.45, 2.75) is 13.5 Å². The summed E-state index contributed by atoms with van der Waals surface area (Å²) in [7, 11) is 3.12. The van der Waals surface area contributed by atoms with Crippen LogP contribution in [0.3, 0.4) is 0 Å². The minimum atomic E-state index is -1.07. The number of hydrogen-bond acceptors (Lipinski definition) is 6. The second kappa shape index (κ2) is 12.4. The van der Waals surface area contributed by atoms with Gasteiger partial charge in [-0.1, -0.05) is 36.4 Å². The van der Waals surface area contributed by atoms with E-state index in [-0.39, 0.29) is 18.1 Å². The molecular weight excluding hydrogens is 585 g/mol. The van der Waals surface area contributed by atoms with Gasteiger partial charge in [0, 0.05) is 12.6 Å². The van der Waals surface area contributed by atoms with E-state index in [1.165, 1.54) is 24.1 Å². The molecule has 12 heteroatoms. The van der Waals surface area contributed by atoms with Gasteiger partial charge >= 0.3 is 11.8 Å². The third-order valence-electron chi connectivity index (χ3n) is 5.96. The number of nitrogens with one attached hydrogen (secondary N) is 2. The minimum Gasteiger partial charge on any atom is -0.493 e. The number of aromatic nitrogens is 2. The Hall–Kier alpha value is -4.71. The largest absolute Gasteiger partial charge is 0.493 e. The van der Waals surface area contributed by atoms with E-state index < -0.39 is 17.4 Å². The third kappa shape index (κ3) is 6.12. The lowest BCUT2D eigenvalue weighted by atomic mass is 10.2. The van der Waals surface area contributed by atoms with Crippen molar-refractivity contribution in [1.82, 2.24) is 14.8 Å². The molecule has 0 atom stereocenters. The van der Waals surface area contributed by atoms with Gasteiger partial charge in [-0.15, -0.1) is 0 Å². The van der Waals surface area contributed by atoms with Crippen LogP contribution in [0.2, 0.25) is 0 Å². The standard InChI is InChI=1S/C28H25BrFN5O5/c1-17-24(28(38)35(34(17)2)20-10-5-4-6-11-20)32-26(36)27(37)33-31-15-18-13-21(29)25(23(14-18)39-3)40-16-19-9-7-8-12-22(19)30/h4-15H,16H2,1-3H3,(H,32,36)(H,33,37)/b31-15+. The summed E-state index contributed by atoms with van der Waals surface area (Å²) in [5.74, 6) is -1.82. The number of anilines is 1. The van der Waals surface area contributed by atoms with Crippen LogP contribution >= 0.6 is 15.9 Å². The molecule has 0 unspecified atom stereocenters. The lowest BCUT2D eigenvalue weighted by Crippen LogP contribution is -2.34. The molecule has 0 aliphatic heterocycles. The zero-order valence-electron chi connectivity index (χ0n) is 21.8. The van der Waals surface area contributed by atoms with E-state index in [0.717, 1.165) is 0 Å². The summed E-state index contributed by atoms with van der Waals surface area (Å²) in [6.07, 6.45) is 1.30. The molecule has 1 heterocycles. The van der Waals surface area contributed by atoms with Gasteiger partial charge in [0.15, 0.2) is 11.5 Å². The van der Waals surface area contributed by atoms with Crippen LogP contribution in [-0.4, -0.2) is 34.5 Å². The van der Waals surface area contributed by atoms with Gasteiger partial charge in [0.2, 0.25) is 0 Å². The monoisotopic (exact) mass is 609 g/mol. The summed E-state index contributed by atoms with van der Waals surface area (Å²) in [6, 6.07) is 18.4. The molecule has 40 heavy (non-hydrogen) atoms. The maximum atomic E-state index is 13.9. The van der Waals surface area contributed by atoms with Crippen LogP contribution in [0.1, 0.15) is 16.8 Å². The molecule has 1 aromatic heterocycles. The number of hydrazone groups is 1. The van der Waals surface area contributed by atoms with Crippen molar-refractivity contribution in [3.8, 4) is 17.2 Å². The highest BCUT2D eigenvalue weighted by atomic mass is 79.9. The Bertz CT molecular complexity index is 1650. The van der Waals surface area contributed by atoms with Crippen molar-refractivity contribution in [3.63, 3.8) is 0 Å². The minimum absolute atomic E-state index is 0.0163. The van der Waals surface area contributed by atoms with Gasteiger partial charge in [0.1, 0.15) is 18.1 Å². The highest BCUT2D eigenvalue weighted by molar-refractivity contribution is 9.10. The number of nitrogens with zero attached hydrogens (tertiary/aromatic N) is 3. The maximum absolute atomic E-state index is 13.9. The number of rotatable bonds is 8. The van der Waals surface area contributed by atoms with Crippen molar-refractivity contribution in [2.75, 3.05) is 12.4 Å². The van der Waals surface area contributed by atoms with Crippen molar-refractivity contribution in [3.05, 3.63) is 104 Å². The number of carbonyl (C=O) groups is 2. The summed E-state index contributed by atoms with van der Waals surface area (Å²) < 4.78 is 28.5. The average molecular weight is 610 g/mol. The van der Waals surface area contributed by atoms with Crippen LogP contribution in [0.25, 0.3) is 5.69 Å². The number of hydrogen-bond donors (Lipinski definition) is 2. The molecule has 0 aliphatic rings. The molecule has 2 N–H and O–H groups in total. The second-order valence-corrected chi connectivity index (χ2v) is 9.36. The fourth-order valence-electron chi connectivity index (χ4n) is 3.82. The SMILES string of the molecule is COc1cc(/C=N/NC(=O)C(=O)Nc2c(C)n(C)n(-c3ccccc3)c2=O)cc(Br)c1OCc1ccccc1F. The van der Waals surface area contributed by atoms with E-state index in [1.54, 1.807) is 73.3 Å². The van der Waals surface area contributed by atoms with Crippen molar-refractivity contribution >= 4 is 39.6 Å². The Labute approximate surface area is 237 Å². The average Bonchev–Trinajstić information content (AvgIpc) is 3.16. The van der Waals surface area contributed by atoms with Gasteiger partial charge in [-0.3, -0.25) is 19.1 Å². The van der Waals surface area contributed by atoms with Crippen molar-refractivity contribution in [2.24, 2.45) is 12.1 Å². The Kier molecular flexibility index (Phi) is 8.80. The molecule has 0 bridgehead atoms. The molecule has 206 valence electrons. The third-order valence-corrected chi connectivity index (χ3v) is 6.55. The van der Waals surface area contributed by atoms with Crippen LogP contribution in [-0.2, 0) is 23.2 Å². The van der Waals surface area contributed by atoms with Gasteiger partial charge in [0.25, 0.3) is 5.56 Å². The van der Waals surface area contributed by atoms with E-state index in [9.17, 15) is 18.8 Å². The number of halogens is 2. The predicted molar refractivity (Wildman–Crippen MR) is 152 cm³/mol. The number of ether oxygens (including phenoxy) is 2. The van der Waals surface area contributed by atoms with Gasteiger partial charge in [-0.05, 0) is 58.7 Å². The molecule has 4 aromatic rings. The molecule has 3 aromatic carbocycles. The molecule has 0 saturated heterocycles. The molecule has 2 amide bonds. The van der Waals surface area contributed by atoms with Gasteiger partial charge in [0.05, 0.1) is 29.2 Å². The summed E-state index contributed by atoms with van der Waals surface area (Å²) in [5, 5.41) is 6.20. The second-order valence-electron chi connectivity index (χ2n) is 8.50. The summed E-state index contributed by atoms with van der Waals surface area (Å²) in [6.45, 7) is 1.64. The first-order chi connectivity index (χ1) is 19.2. The van der Waals surface area contributed by atoms with Crippen LogP contribution in [0.5, 0.6) is 11.5 Å². The number of amides is 2. The van der Waals surface area contributed by atoms with E-state index in [0.29, 0.717) is 38.5 Å². The number of methoxy groups -OCH3 is 1. The van der Waals surface area contributed by atoms with Crippen LogP contribution in [0.15, 0.2) is 81.1 Å².